The Balaban J connectivity index is 0.000000284. The van der Waals surface area contributed by atoms with Crippen molar-refractivity contribution in [2.24, 2.45) is 0 Å². The molecule has 2 rings (SSSR count). The van der Waals surface area contributed by atoms with E-state index in [0.717, 1.165) is 12.8 Å². The summed E-state index contributed by atoms with van der Waals surface area (Å²) in [5.41, 5.74) is 2.43. The molecule has 0 heterocycles. The summed E-state index contributed by atoms with van der Waals surface area (Å²) in [6.45, 7) is 4.03. The normalized spacial score (nSPS) is 16.8. The molecule has 0 saturated heterocycles. The van der Waals surface area contributed by atoms with E-state index in [4.69, 9.17) is 0 Å². The molecule has 0 spiro atoms. The van der Waals surface area contributed by atoms with Crippen LogP contribution in [0.25, 0.3) is 0 Å². The van der Waals surface area contributed by atoms with Crippen LogP contribution in [-0.2, 0) is 26.2 Å². The maximum Gasteiger partial charge on any atom is 2.00 e. The van der Waals surface area contributed by atoms with Crippen LogP contribution in [-0.4, -0.2) is 0 Å². The molecule has 1 heteroatoms. The second-order valence-corrected chi connectivity index (χ2v) is 3.48. The Labute approximate surface area is 124 Å². The van der Waals surface area contributed by atoms with E-state index in [1.165, 1.54) is 11.1 Å². The molecule has 0 N–H and O–H groups in total. The molecule has 86 valence electrons. The van der Waals surface area contributed by atoms with Crippen LogP contribution in [0, 0.1) is 12.2 Å². The summed E-state index contributed by atoms with van der Waals surface area (Å²) in [6.07, 6.45) is 24.9. The van der Waals surface area contributed by atoms with Crippen LogP contribution >= 0.6 is 0 Å². The van der Waals surface area contributed by atoms with Crippen molar-refractivity contribution in [3.63, 3.8) is 0 Å². The van der Waals surface area contributed by atoms with Gasteiger partial charge in [0.1, 0.15) is 0 Å². The molecule has 0 atom stereocenters. The number of hydrogen-bond acceptors (Lipinski definition) is 0. The van der Waals surface area contributed by atoms with Crippen LogP contribution in [0.1, 0.15) is 26.7 Å². The van der Waals surface area contributed by atoms with E-state index in [2.05, 4.69) is 48.6 Å². The van der Waals surface area contributed by atoms with Gasteiger partial charge in [0.15, 0.2) is 0 Å². The summed E-state index contributed by atoms with van der Waals surface area (Å²) in [4.78, 5) is 0. The summed E-state index contributed by atoms with van der Waals surface area (Å²) >= 11 is 0. The Morgan fingerprint density at radius 3 is 1.53 bits per heavy atom. The molecule has 0 unspecified atom stereocenters. The Morgan fingerprint density at radius 1 is 0.882 bits per heavy atom. The second kappa shape index (κ2) is 10.5. The van der Waals surface area contributed by atoms with Gasteiger partial charge in [-0.05, 0) is 0 Å². The standard InChI is InChI=1S/2C8H9.Zr/c2*1-2-5-8-6-3-4-7-8;/h2*2-3,5-6H,4H2,1H3;/q2*-1;+2. The first-order chi connectivity index (χ1) is 7.86. The molecule has 0 aromatic rings. The number of hydrogen-bond donors (Lipinski definition) is 0. The molecular weight excluding hydrogens is 283 g/mol. The van der Waals surface area contributed by atoms with Crippen LogP contribution in [0.4, 0.5) is 0 Å². The zero-order valence-corrected chi connectivity index (χ0v) is 13.0. The zero-order chi connectivity index (χ0) is 11.6. The first-order valence-electron chi connectivity index (χ1n) is 5.67. The fourth-order valence-electron chi connectivity index (χ4n) is 1.43. The van der Waals surface area contributed by atoms with Crippen molar-refractivity contribution >= 4 is 0 Å². The van der Waals surface area contributed by atoms with Gasteiger partial charge in [-0.1, -0.05) is 26.7 Å². The topological polar surface area (TPSA) is 0 Å². The van der Waals surface area contributed by atoms with Crippen molar-refractivity contribution < 1.29 is 26.2 Å². The molecule has 0 aromatic heterocycles. The van der Waals surface area contributed by atoms with Gasteiger partial charge in [0, 0.05) is 0 Å². The molecule has 0 fully saturated rings. The summed E-state index contributed by atoms with van der Waals surface area (Å²) in [6, 6.07) is 0. The molecule has 0 saturated carbocycles. The molecule has 0 amide bonds. The predicted molar refractivity (Wildman–Crippen MR) is 70.7 cm³/mol. The van der Waals surface area contributed by atoms with Crippen LogP contribution in [0.3, 0.4) is 0 Å². The molecule has 2 aliphatic carbocycles. The first kappa shape index (κ1) is 16.3. The van der Waals surface area contributed by atoms with Crippen LogP contribution in [0.2, 0.25) is 0 Å². The van der Waals surface area contributed by atoms with Crippen molar-refractivity contribution in [2.45, 2.75) is 26.7 Å². The SMILES string of the molecule is CC=CC1=[C-]CC=C1.CC=CC1=[C-]CC=C1.[Zr+2]. The van der Waals surface area contributed by atoms with Gasteiger partial charge < -0.3 is 0 Å². The van der Waals surface area contributed by atoms with E-state index >= 15 is 0 Å². The smallest absolute Gasteiger partial charge is 0.198 e. The molecule has 0 bridgehead atoms. The second-order valence-electron chi connectivity index (χ2n) is 3.48. The van der Waals surface area contributed by atoms with Crippen molar-refractivity contribution in [3.8, 4) is 0 Å². The third-order valence-corrected chi connectivity index (χ3v) is 2.14. The Bertz CT molecular complexity index is 338. The van der Waals surface area contributed by atoms with E-state index in [1.807, 2.05) is 26.0 Å². The summed E-state index contributed by atoms with van der Waals surface area (Å²) in [5.74, 6) is 0. The van der Waals surface area contributed by atoms with Crippen LogP contribution < -0.4 is 0 Å². The number of allylic oxidation sites excluding steroid dienone is 12. The molecule has 2 aliphatic rings. The molecule has 17 heavy (non-hydrogen) atoms. The van der Waals surface area contributed by atoms with Gasteiger partial charge in [-0.25, -0.2) is 0 Å². The average molecular weight is 302 g/mol. The fraction of sp³-hybridized carbons (Fsp3) is 0.250. The van der Waals surface area contributed by atoms with E-state index in [-0.39, 0.29) is 26.2 Å². The fourth-order valence-corrected chi connectivity index (χ4v) is 1.43. The third-order valence-electron chi connectivity index (χ3n) is 2.14. The van der Waals surface area contributed by atoms with Gasteiger partial charge in [-0.3, -0.25) is 0 Å². The van der Waals surface area contributed by atoms with Crippen LogP contribution in [0.5, 0.6) is 0 Å². The Morgan fingerprint density at radius 2 is 1.29 bits per heavy atom. The quantitative estimate of drug-likeness (QED) is 0.659. The molecule has 0 radical (unpaired) electrons. The van der Waals surface area contributed by atoms with E-state index in [1.54, 1.807) is 0 Å². The minimum Gasteiger partial charge on any atom is -0.198 e. The maximum atomic E-state index is 3.18. The van der Waals surface area contributed by atoms with E-state index < -0.39 is 0 Å². The van der Waals surface area contributed by atoms with E-state index in [0.29, 0.717) is 0 Å². The monoisotopic (exact) mass is 300 g/mol. The van der Waals surface area contributed by atoms with Gasteiger partial charge >= 0.3 is 26.2 Å². The maximum absolute atomic E-state index is 3.18. The largest absolute Gasteiger partial charge is 2.00 e. The van der Waals surface area contributed by atoms with Gasteiger partial charge in [0.2, 0.25) is 0 Å². The van der Waals surface area contributed by atoms with Gasteiger partial charge in [0.25, 0.3) is 0 Å². The Hall–Kier alpha value is -0.677. The van der Waals surface area contributed by atoms with Crippen molar-refractivity contribution in [1.29, 1.82) is 0 Å². The summed E-state index contributed by atoms with van der Waals surface area (Å²) < 4.78 is 0. The minimum atomic E-state index is 0. The van der Waals surface area contributed by atoms with Crippen LogP contribution in [0.15, 0.2) is 59.8 Å². The molecule has 0 nitrogen and oxygen atoms in total. The van der Waals surface area contributed by atoms with Gasteiger partial charge in [0.05, 0.1) is 0 Å². The van der Waals surface area contributed by atoms with Crippen molar-refractivity contribution in [1.82, 2.24) is 0 Å². The van der Waals surface area contributed by atoms with Gasteiger partial charge in [-0.2, -0.15) is 47.6 Å². The van der Waals surface area contributed by atoms with Crippen molar-refractivity contribution in [2.75, 3.05) is 0 Å². The third kappa shape index (κ3) is 7.28. The average Bonchev–Trinajstić information content (AvgIpc) is 2.92. The van der Waals surface area contributed by atoms with Crippen molar-refractivity contribution in [3.05, 3.63) is 71.9 Å². The Kier molecular flexibility index (Phi) is 10.1. The summed E-state index contributed by atoms with van der Waals surface area (Å²) in [7, 11) is 0. The molecule has 0 aromatic carbocycles. The zero-order valence-electron chi connectivity index (χ0n) is 10.5. The summed E-state index contributed by atoms with van der Waals surface area (Å²) in [5, 5.41) is 0. The van der Waals surface area contributed by atoms with E-state index in [9.17, 15) is 0 Å². The van der Waals surface area contributed by atoms with Gasteiger partial charge in [-0.15, -0.1) is 24.3 Å². The molecular formula is C16H18Zr. The number of rotatable bonds is 2. The minimum absolute atomic E-state index is 0. The molecule has 0 aliphatic heterocycles. The predicted octanol–water partition coefficient (Wildman–Crippen LogP) is 4.50. The first-order valence-corrected chi connectivity index (χ1v) is 5.67.